The summed E-state index contributed by atoms with van der Waals surface area (Å²) in [6, 6.07) is 6.97. The van der Waals surface area contributed by atoms with E-state index in [0.717, 1.165) is 15.8 Å². The lowest BCUT2D eigenvalue weighted by Gasteiger charge is -2.15. The molecule has 1 N–H and O–H groups in total. The predicted molar refractivity (Wildman–Crippen MR) is 143 cm³/mol. The monoisotopic (exact) mass is 550 g/mol. The molecule has 0 saturated carbocycles. The zero-order chi connectivity index (χ0) is 27.5. The third-order valence-corrected chi connectivity index (χ3v) is 6.54. The van der Waals surface area contributed by atoms with Crippen molar-refractivity contribution in [1.29, 1.82) is 0 Å². The summed E-state index contributed by atoms with van der Waals surface area (Å²) >= 11 is 1.38. The van der Waals surface area contributed by atoms with Gasteiger partial charge in [0.15, 0.2) is 11.6 Å². The number of halogens is 1. The van der Waals surface area contributed by atoms with Gasteiger partial charge in [-0.3, -0.25) is 5.32 Å². The van der Waals surface area contributed by atoms with Gasteiger partial charge in [-0.2, -0.15) is 0 Å². The average molecular weight is 551 g/mol. The minimum Gasteiger partial charge on any atom is -0.484 e. The summed E-state index contributed by atoms with van der Waals surface area (Å²) in [6.45, 7) is 3.50. The van der Waals surface area contributed by atoms with E-state index in [1.54, 1.807) is 19.2 Å². The molecule has 0 saturated heterocycles. The van der Waals surface area contributed by atoms with Crippen molar-refractivity contribution in [3.63, 3.8) is 0 Å². The van der Waals surface area contributed by atoms with Gasteiger partial charge in [0.25, 0.3) is 0 Å². The van der Waals surface area contributed by atoms with Crippen molar-refractivity contribution in [2.45, 2.75) is 20.0 Å². The first kappa shape index (κ1) is 26.0. The van der Waals surface area contributed by atoms with Gasteiger partial charge >= 0.3 is 12.1 Å². The van der Waals surface area contributed by atoms with E-state index in [9.17, 15) is 9.18 Å². The summed E-state index contributed by atoms with van der Waals surface area (Å²) in [6.07, 6.45) is 2.95. The van der Waals surface area contributed by atoms with Crippen LogP contribution >= 0.6 is 11.3 Å². The van der Waals surface area contributed by atoms with Crippen molar-refractivity contribution >= 4 is 44.4 Å². The molecule has 5 aromatic rings. The molecular formula is C26H23FN6O5S. The number of nitrogens with one attached hydrogen (secondary N) is 1. The highest BCUT2D eigenvalue weighted by Gasteiger charge is 2.18. The number of hydrogen-bond donors (Lipinski definition) is 1. The number of carbonyl (C=O) groups excluding carboxylic acids is 1. The van der Waals surface area contributed by atoms with Crippen molar-refractivity contribution in [3.8, 4) is 28.2 Å². The van der Waals surface area contributed by atoms with Crippen LogP contribution in [0.4, 0.5) is 14.9 Å². The van der Waals surface area contributed by atoms with Gasteiger partial charge in [-0.05, 0) is 31.5 Å². The Hall–Kier alpha value is -4.65. The van der Waals surface area contributed by atoms with E-state index in [2.05, 4.69) is 30.2 Å². The standard InChI is InChI=1S/C26H23FN6O5S/c1-13-5-16(23-19(6-13)32-22(35-3)11-28-23)24-33-18-7-17(27)20(8-21(18)39-24)38-14(2)12-37-26(34)31-15-9-29-25(36-4)30-10-15/h5-11,14H,12H2,1-4H3,(H,31,34)/t14-/m0/s1. The Kier molecular flexibility index (Phi) is 7.32. The maximum atomic E-state index is 14.9. The van der Waals surface area contributed by atoms with Gasteiger partial charge in [-0.15, -0.1) is 11.3 Å². The second kappa shape index (κ2) is 11.0. The average Bonchev–Trinajstić information content (AvgIpc) is 3.34. The molecule has 5 rings (SSSR count). The quantitative estimate of drug-likeness (QED) is 0.276. The zero-order valence-corrected chi connectivity index (χ0v) is 22.2. The Bertz CT molecular complexity index is 1660. The molecule has 0 bridgehead atoms. The van der Waals surface area contributed by atoms with E-state index in [1.165, 1.54) is 44.0 Å². The van der Waals surface area contributed by atoms with Crippen LogP contribution in [0.5, 0.6) is 17.6 Å². The summed E-state index contributed by atoms with van der Waals surface area (Å²) < 4.78 is 36.6. The minimum absolute atomic E-state index is 0.0244. The number of aromatic nitrogens is 5. The third-order valence-electron chi connectivity index (χ3n) is 5.48. The molecule has 13 heteroatoms. The van der Waals surface area contributed by atoms with Crippen LogP contribution in [0.15, 0.2) is 42.9 Å². The number of rotatable bonds is 8. The van der Waals surface area contributed by atoms with Crippen molar-refractivity contribution in [2.75, 3.05) is 26.1 Å². The lowest BCUT2D eigenvalue weighted by Crippen LogP contribution is -2.24. The summed E-state index contributed by atoms with van der Waals surface area (Å²) in [4.78, 5) is 33.5. The van der Waals surface area contributed by atoms with E-state index in [0.29, 0.717) is 33.1 Å². The predicted octanol–water partition coefficient (Wildman–Crippen LogP) is 5.18. The van der Waals surface area contributed by atoms with Gasteiger partial charge in [0.1, 0.15) is 17.7 Å². The molecule has 0 aliphatic rings. The molecule has 0 aliphatic carbocycles. The van der Waals surface area contributed by atoms with Gasteiger partial charge < -0.3 is 18.9 Å². The molecule has 0 unspecified atom stereocenters. The lowest BCUT2D eigenvalue weighted by atomic mass is 10.1. The van der Waals surface area contributed by atoms with Crippen LogP contribution in [0, 0.1) is 12.7 Å². The first-order valence-corrected chi connectivity index (χ1v) is 12.5. The molecule has 1 atom stereocenters. The zero-order valence-electron chi connectivity index (χ0n) is 21.4. The molecule has 0 radical (unpaired) electrons. The van der Waals surface area contributed by atoms with Gasteiger partial charge in [-0.25, -0.2) is 34.1 Å². The fourth-order valence-corrected chi connectivity index (χ4v) is 4.72. The summed E-state index contributed by atoms with van der Waals surface area (Å²) in [5, 5.41) is 3.17. The summed E-state index contributed by atoms with van der Waals surface area (Å²) in [5.41, 5.74) is 3.93. The Morgan fingerprint density at radius 1 is 1.03 bits per heavy atom. The molecule has 0 fully saturated rings. The van der Waals surface area contributed by atoms with Crippen LogP contribution < -0.4 is 19.5 Å². The topological polar surface area (TPSA) is 130 Å². The van der Waals surface area contributed by atoms with Crippen LogP contribution in [-0.2, 0) is 4.74 Å². The van der Waals surface area contributed by atoms with Crippen molar-refractivity contribution in [3.05, 3.63) is 54.2 Å². The fraction of sp³-hybridized carbons (Fsp3) is 0.231. The smallest absolute Gasteiger partial charge is 0.411 e. The third kappa shape index (κ3) is 5.77. The Morgan fingerprint density at radius 2 is 1.82 bits per heavy atom. The molecule has 39 heavy (non-hydrogen) atoms. The molecule has 11 nitrogen and oxygen atoms in total. The summed E-state index contributed by atoms with van der Waals surface area (Å²) in [5.74, 6) is -0.140. The first-order chi connectivity index (χ1) is 18.8. The second-order valence-electron chi connectivity index (χ2n) is 8.47. The highest BCUT2D eigenvalue weighted by Crippen LogP contribution is 2.37. The number of thiazole rings is 1. The number of carbonyl (C=O) groups is 1. The highest BCUT2D eigenvalue weighted by molar-refractivity contribution is 7.21. The number of fused-ring (bicyclic) bond motifs is 2. The lowest BCUT2D eigenvalue weighted by molar-refractivity contribution is 0.0969. The number of nitrogens with zero attached hydrogens (tertiary/aromatic N) is 5. The van der Waals surface area contributed by atoms with E-state index >= 15 is 0 Å². The van der Waals surface area contributed by atoms with Crippen molar-refractivity contribution in [1.82, 2.24) is 24.9 Å². The second-order valence-corrected chi connectivity index (χ2v) is 9.50. The van der Waals surface area contributed by atoms with E-state index in [4.69, 9.17) is 18.9 Å². The van der Waals surface area contributed by atoms with Crippen LogP contribution in [-0.4, -0.2) is 57.9 Å². The first-order valence-electron chi connectivity index (χ1n) is 11.7. The van der Waals surface area contributed by atoms with Gasteiger partial charge in [0, 0.05) is 17.7 Å². The van der Waals surface area contributed by atoms with Crippen molar-refractivity contribution in [2.24, 2.45) is 0 Å². The minimum atomic E-state index is -0.728. The number of benzene rings is 2. The number of anilines is 1. The number of hydrogen-bond acceptors (Lipinski definition) is 11. The van der Waals surface area contributed by atoms with Gasteiger partial charge in [-0.1, -0.05) is 0 Å². The largest absolute Gasteiger partial charge is 0.484 e. The Balaban J connectivity index is 1.30. The Morgan fingerprint density at radius 3 is 2.56 bits per heavy atom. The van der Waals surface area contributed by atoms with E-state index in [1.807, 2.05) is 19.1 Å². The SMILES string of the molecule is COc1cnc2c(-c3nc4cc(F)c(O[C@@H](C)COC(=O)Nc5cnc(OC)nc5)cc4s3)cc(C)cc2n1. The molecule has 200 valence electrons. The van der Waals surface area contributed by atoms with Crippen LogP contribution in [0.1, 0.15) is 12.5 Å². The molecule has 0 spiro atoms. The number of methoxy groups -OCH3 is 2. The van der Waals surface area contributed by atoms with E-state index in [-0.39, 0.29) is 18.4 Å². The van der Waals surface area contributed by atoms with Crippen LogP contribution in [0.2, 0.25) is 0 Å². The highest BCUT2D eigenvalue weighted by atomic mass is 32.1. The fourth-order valence-electron chi connectivity index (χ4n) is 3.73. The molecule has 3 heterocycles. The van der Waals surface area contributed by atoms with E-state index < -0.39 is 18.0 Å². The molecular weight excluding hydrogens is 527 g/mol. The molecule has 1 amide bonds. The summed E-state index contributed by atoms with van der Waals surface area (Å²) in [7, 11) is 2.97. The van der Waals surface area contributed by atoms with Crippen LogP contribution in [0.3, 0.4) is 0 Å². The van der Waals surface area contributed by atoms with Crippen molar-refractivity contribution < 1.29 is 28.1 Å². The number of ether oxygens (including phenoxy) is 4. The van der Waals surface area contributed by atoms with Crippen LogP contribution in [0.25, 0.3) is 31.8 Å². The maximum Gasteiger partial charge on any atom is 0.411 e. The molecule has 3 aromatic heterocycles. The molecule has 2 aromatic carbocycles. The maximum absolute atomic E-state index is 14.9. The Labute approximate surface area is 226 Å². The number of aryl methyl sites for hydroxylation is 1. The van der Waals surface area contributed by atoms with Gasteiger partial charge in [0.2, 0.25) is 5.88 Å². The molecule has 0 aliphatic heterocycles. The number of amides is 1. The van der Waals surface area contributed by atoms with Gasteiger partial charge in [0.05, 0.1) is 59.7 Å². The normalized spacial score (nSPS) is 11.8.